The fraction of sp³-hybridized carbons (Fsp3) is 0.238. The van der Waals surface area contributed by atoms with E-state index in [0.29, 0.717) is 28.2 Å². The second-order valence-corrected chi connectivity index (χ2v) is 7.12. The molecular formula is C21H22N2O3S. The summed E-state index contributed by atoms with van der Waals surface area (Å²) >= 11 is 1.32. The fourth-order valence-electron chi connectivity index (χ4n) is 2.59. The molecule has 0 unspecified atom stereocenters. The van der Waals surface area contributed by atoms with Crippen LogP contribution in [0.5, 0.6) is 11.5 Å². The zero-order valence-electron chi connectivity index (χ0n) is 15.8. The highest BCUT2D eigenvalue weighted by Gasteiger charge is 2.24. The van der Waals surface area contributed by atoms with Crippen molar-refractivity contribution in [3.05, 3.63) is 58.0 Å². The summed E-state index contributed by atoms with van der Waals surface area (Å²) < 4.78 is 10.9. The Morgan fingerprint density at radius 3 is 2.63 bits per heavy atom. The molecule has 1 N–H and O–H groups in total. The van der Waals surface area contributed by atoms with Gasteiger partial charge in [-0.25, -0.2) is 4.99 Å². The molecule has 1 aliphatic rings. The van der Waals surface area contributed by atoms with Crippen LogP contribution >= 0.6 is 11.8 Å². The molecule has 0 atom stereocenters. The molecule has 3 rings (SSSR count). The van der Waals surface area contributed by atoms with Crippen molar-refractivity contribution < 1.29 is 14.3 Å². The lowest BCUT2D eigenvalue weighted by molar-refractivity contribution is -0.115. The van der Waals surface area contributed by atoms with Crippen molar-refractivity contribution in [2.75, 3.05) is 13.7 Å². The van der Waals surface area contributed by atoms with Crippen molar-refractivity contribution in [2.24, 2.45) is 4.99 Å². The molecular weight excluding hydrogens is 360 g/mol. The molecule has 2 aromatic rings. The minimum Gasteiger partial charge on any atom is -0.493 e. The number of hydrogen-bond acceptors (Lipinski definition) is 5. The molecule has 5 nitrogen and oxygen atoms in total. The summed E-state index contributed by atoms with van der Waals surface area (Å²) in [5, 5.41) is 3.39. The highest BCUT2D eigenvalue weighted by Crippen LogP contribution is 2.32. The monoisotopic (exact) mass is 382 g/mol. The van der Waals surface area contributed by atoms with E-state index in [-0.39, 0.29) is 5.91 Å². The van der Waals surface area contributed by atoms with Gasteiger partial charge in [0, 0.05) is 0 Å². The van der Waals surface area contributed by atoms with Crippen LogP contribution in [-0.2, 0) is 4.79 Å². The molecule has 140 valence electrons. The van der Waals surface area contributed by atoms with Gasteiger partial charge in [-0.1, -0.05) is 12.1 Å². The molecule has 1 aliphatic heterocycles. The number of rotatable bonds is 5. The zero-order valence-corrected chi connectivity index (χ0v) is 16.6. The molecule has 0 saturated carbocycles. The molecule has 27 heavy (non-hydrogen) atoms. The van der Waals surface area contributed by atoms with Gasteiger partial charge in [-0.2, -0.15) is 0 Å². The number of ether oxygens (including phenoxy) is 2. The minimum atomic E-state index is -0.157. The summed E-state index contributed by atoms with van der Waals surface area (Å²) in [5.41, 5.74) is 4.07. The van der Waals surface area contributed by atoms with E-state index in [1.807, 2.05) is 56.3 Å². The predicted octanol–water partition coefficient (Wildman–Crippen LogP) is 4.60. The Balaban J connectivity index is 1.82. The largest absolute Gasteiger partial charge is 0.493 e. The van der Waals surface area contributed by atoms with Crippen LogP contribution in [0.25, 0.3) is 6.08 Å². The Morgan fingerprint density at radius 1 is 1.11 bits per heavy atom. The standard InChI is InChI=1S/C21H22N2O3S/c1-5-26-17-9-7-15(11-18(17)25-4)12-19-20(24)23-21(27-19)22-16-8-6-13(2)14(3)10-16/h6-12H,5H2,1-4H3,(H,22,23,24)/b19-12+. The number of thioether (sulfide) groups is 1. The van der Waals surface area contributed by atoms with Gasteiger partial charge in [0.15, 0.2) is 16.7 Å². The van der Waals surface area contributed by atoms with Gasteiger partial charge in [0.25, 0.3) is 5.91 Å². The average molecular weight is 382 g/mol. The summed E-state index contributed by atoms with van der Waals surface area (Å²) in [6, 6.07) is 11.6. The van der Waals surface area contributed by atoms with Gasteiger partial charge in [-0.05, 0) is 79.6 Å². The summed E-state index contributed by atoms with van der Waals surface area (Å²) in [5.74, 6) is 1.16. The van der Waals surface area contributed by atoms with E-state index in [1.165, 1.54) is 22.9 Å². The van der Waals surface area contributed by atoms with Gasteiger partial charge in [-0.15, -0.1) is 0 Å². The van der Waals surface area contributed by atoms with Crippen LogP contribution in [0.4, 0.5) is 5.69 Å². The Morgan fingerprint density at radius 2 is 1.93 bits per heavy atom. The molecule has 0 spiro atoms. The van der Waals surface area contributed by atoms with Crippen LogP contribution in [0.1, 0.15) is 23.6 Å². The number of aryl methyl sites for hydroxylation is 2. The van der Waals surface area contributed by atoms with Crippen molar-refractivity contribution in [1.82, 2.24) is 5.32 Å². The minimum absolute atomic E-state index is 0.157. The zero-order chi connectivity index (χ0) is 19.4. The van der Waals surface area contributed by atoms with Crippen molar-refractivity contribution in [3.8, 4) is 11.5 Å². The first-order chi connectivity index (χ1) is 13.0. The van der Waals surface area contributed by atoms with Gasteiger partial charge in [-0.3, -0.25) is 4.79 Å². The first kappa shape index (κ1) is 19.0. The topological polar surface area (TPSA) is 59.9 Å². The number of carbonyl (C=O) groups is 1. The molecule has 1 saturated heterocycles. The van der Waals surface area contributed by atoms with E-state index >= 15 is 0 Å². The predicted molar refractivity (Wildman–Crippen MR) is 111 cm³/mol. The molecule has 1 amide bonds. The molecule has 0 radical (unpaired) electrons. The summed E-state index contributed by atoms with van der Waals surface area (Å²) in [6.45, 7) is 6.59. The van der Waals surface area contributed by atoms with Crippen molar-refractivity contribution >= 4 is 34.6 Å². The summed E-state index contributed by atoms with van der Waals surface area (Å²) in [6.07, 6.45) is 1.82. The third kappa shape index (κ3) is 4.52. The van der Waals surface area contributed by atoms with Crippen LogP contribution in [0.2, 0.25) is 0 Å². The number of amides is 1. The number of amidine groups is 1. The van der Waals surface area contributed by atoms with E-state index in [1.54, 1.807) is 7.11 Å². The maximum atomic E-state index is 12.3. The Labute approximate surface area is 163 Å². The fourth-order valence-corrected chi connectivity index (χ4v) is 3.43. The highest BCUT2D eigenvalue weighted by atomic mass is 32.2. The number of hydrogen-bond donors (Lipinski definition) is 1. The van der Waals surface area contributed by atoms with Gasteiger partial charge >= 0.3 is 0 Å². The maximum Gasteiger partial charge on any atom is 0.264 e. The highest BCUT2D eigenvalue weighted by molar-refractivity contribution is 8.18. The second kappa shape index (κ2) is 8.31. The first-order valence-corrected chi connectivity index (χ1v) is 9.49. The van der Waals surface area contributed by atoms with Crippen molar-refractivity contribution in [2.45, 2.75) is 20.8 Å². The van der Waals surface area contributed by atoms with Gasteiger partial charge < -0.3 is 14.8 Å². The number of nitrogens with one attached hydrogen (secondary N) is 1. The van der Waals surface area contributed by atoms with Crippen LogP contribution in [0.15, 0.2) is 46.3 Å². The van der Waals surface area contributed by atoms with Crippen LogP contribution in [0, 0.1) is 13.8 Å². The molecule has 6 heteroatoms. The Hall–Kier alpha value is -2.73. The molecule has 0 aliphatic carbocycles. The SMILES string of the molecule is CCOc1ccc(/C=C2/SC(=Nc3ccc(C)c(C)c3)NC2=O)cc1OC. The Bertz CT molecular complexity index is 935. The third-order valence-corrected chi connectivity index (χ3v) is 5.07. The molecule has 1 fully saturated rings. The van der Waals surface area contributed by atoms with E-state index in [4.69, 9.17) is 9.47 Å². The van der Waals surface area contributed by atoms with E-state index < -0.39 is 0 Å². The van der Waals surface area contributed by atoms with Crippen molar-refractivity contribution in [1.29, 1.82) is 0 Å². The molecule has 0 aromatic heterocycles. The van der Waals surface area contributed by atoms with Crippen LogP contribution in [-0.4, -0.2) is 24.8 Å². The Kier molecular flexibility index (Phi) is 5.86. The lowest BCUT2D eigenvalue weighted by Crippen LogP contribution is -2.19. The number of carbonyl (C=O) groups excluding carboxylic acids is 1. The lowest BCUT2D eigenvalue weighted by atomic mass is 10.1. The quantitative estimate of drug-likeness (QED) is 0.768. The van der Waals surface area contributed by atoms with Gasteiger partial charge in [0.1, 0.15) is 0 Å². The van der Waals surface area contributed by atoms with Crippen LogP contribution in [0.3, 0.4) is 0 Å². The van der Waals surface area contributed by atoms with E-state index in [9.17, 15) is 4.79 Å². The molecule has 0 bridgehead atoms. The average Bonchev–Trinajstić information content (AvgIpc) is 2.98. The summed E-state index contributed by atoms with van der Waals surface area (Å²) in [7, 11) is 1.60. The summed E-state index contributed by atoms with van der Waals surface area (Å²) in [4.78, 5) is 17.4. The first-order valence-electron chi connectivity index (χ1n) is 8.68. The second-order valence-electron chi connectivity index (χ2n) is 6.09. The van der Waals surface area contributed by atoms with Gasteiger partial charge in [0.05, 0.1) is 24.3 Å². The van der Waals surface area contributed by atoms with Crippen molar-refractivity contribution in [3.63, 3.8) is 0 Å². The molecule has 2 aromatic carbocycles. The van der Waals surface area contributed by atoms with Crippen LogP contribution < -0.4 is 14.8 Å². The van der Waals surface area contributed by atoms with E-state index in [2.05, 4.69) is 17.2 Å². The maximum absolute atomic E-state index is 12.3. The number of nitrogens with zero attached hydrogens (tertiary/aromatic N) is 1. The smallest absolute Gasteiger partial charge is 0.264 e. The normalized spacial score (nSPS) is 16.7. The number of aliphatic imine (C=N–C) groups is 1. The van der Waals surface area contributed by atoms with E-state index in [0.717, 1.165) is 11.3 Å². The lowest BCUT2D eigenvalue weighted by Gasteiger charge is -2.09. The molecule has 1 heterocycles. The number of benzene rings is 2. The third-order valence-electron chi connectivity index (χ3n) is 4.16. The van der Waals surface area contributed by atoms with Gasteiger partial charge in [0.2, 0.25) is 0 Å². The number of methoxy groups -OCH3 is 1.